The summed E-state index contributed by atoms with van der Waals surface area (Å²) in [5, 5.41) is 0. The van der Waals surface area contributed by atoms with Crippen molar-refractivity contribution in [2.75, 3.05) is 26.2 Å². The van der Waals surface area contributed by atoms with Gasteiger partial charge in [-0.2, -0.15) is 0 Å². The molecule has 1 saturated heterocycles. The maximum Gasteiger partial charge on any atom is 0.232 e. The number of thiocarbonyl (C=S) groups is 1. The number of carbonyl (C=O) groups is 1. The minimum absolute atomic E-state index is 0.100. The monoisotopic (exact) mass is 257 g/mol. The SMILES string of the molecule is CCC(C(=O)N1CCN(C(C)C)CC1)C(N)=S. The Labute approximate surface area is 109 Å². The van der Waals surface area contributed by atoms with Crippen molar-refractivity contribution in [2.24, 2.45) is 11.7 Å². The van der Waals surface area contributed by atoms with E-state index in [4.69, 9.17) is 18.0 Å². The summed E-state index contributed by atoms with van der Waals surface area (Å²) in [4.78, 5) is 16.8. The summed E-state index contributed by atoms with van der Waals surface area (Å²) in [7, 11) is 0. The molecule has 0 aromatic rings. The first kappa shape index (κ1) is 14.4. The Morgan fingerprint density at radius 2 is 1.82 bits per heavy atom. The molecule has 1 heterocycles. The van der Waals surface area contributed by atoms with E-state index in [1.807, 2.05) is 11.8 Å². The molecule has 0 bridgehead atoms. The molecule has 5 heteroatoms. The highest BCUT2D eigenvalue weighted by Crippen LogP contribution is 2.12. The Morgan fingerprint density at radius 1 is 1.29 bits per heavy atom. The fourth-order valence-corrected chi connectivity index (χ4v) is 2.44. The highest BCUT2D eigenvalue weighted by Gasteiger charge is 2.28. The second kappa shape index (κ2) is 6.31. The Kier molecular flexibility index (Phi) is 5.33. The van der Waals surface area contributed by atoms with Crippen LogP contribution in [-0.4, -0.2) is 52.9 Å². The molecule has 17 heavy (non-hydrogen) atoms. The molecule has 1 rings (SSSR count). The van der Waals surface area contributed by atoms with E-state index >= 15 is 0 Å². The lowest BCUT2D eigenvalue weighted by atomic mass is 10.0. The number of carbonyl (C=O) groups excluding carboxylic acids is 1. The van der Waals surface area contributed by atoms with Crippen molar-refractivity contribution in [3.8, 4) is 0 Å². The highest BCUT2D eigenvalue weighted by atomic mass is 32.1. The van der Waals surface area contributed by atoms with Crippen molar-refractivity contribution < 1.29 is 4.79 Å². The molecule has 0 aromatic heterocycles. The van der Waals surface area contributed by atoms with E-state index in [1.54, 1.807) is 0 Å². The van der Waals surface area contributed by atoms with Gasteiger partial charge in [-0.05, 0) is 20.3 Å². The van der Waals surface area contributed by atoms with Gasteiger partial charge < -0.3 is 10.6 Å². The third-order valence-corrected chi connectivity index (χ3v) is 3.69. The van der Waals surface area contributed by atoms with E-state index in [1.165, 1.54) is 0 Å². The van der Waals surface area contributed by atoms with E-state index in [-0.39, 0.29) is 11.8 Å². The van der Waals surface area contributed by atoms with Crippen molar-refractivity contribution >= 4 is 23.1 Å². The van der Waals surface area contributed by atoms with E-state index in [2.05, 4.69) is 18.7 Å². The van der Waals surface area contributed by atoms with Crippen LogP contribution >= 0.6 is 12.2 Å². The van der Waals surface area contributed by atoms with Gasteiger partial charge in [-0.1, -0.05) is 19.1 Å². The maximum atomic E-state index is 12.2. The lowest BCUT2D eigenvalue weighted by Gasteiger charge is -2.38. The van der Waals surface area contributed by atoms with Crippen LogP contribution in [0.1, 0.15) is 27.2 Å². The molecule has 0 radical (unpaired) electrons. The molecule has 0 spiro atoms. The zero-order valence-electron chi connectivity index (χ0n) is 11.0. The topological polar surface area (TPSA) is 49.6 Å². The van der Waals surface area contributed by atoms with Gasteiger partial charge in [-0.15, -0.1) is 0 Å². The molecule has 0 aliphatic carbocycles. The summed E-state index contributed by atoms with van der Waals surface area (Å²) >= 11 is 4.95. The molecular formula is C12H23N3OS. The van der Waals surface area contributed by atoms with Gasteiger partial charge in [0.1, 0.15) is 0 Å². The molecule has 1 aliphatic rings. The number of hydrogen-bond donors (Lipinski definition) is 1. The van der Waals surface area contributed by atoms with Gasteiger partial charge in [0.2, 0.25) is 5.91 Å². The standard InChI is InChI=1S/C12H23N3OS/c1-4-10(11(13)17)12(16)15-7-5-14(6-8-15)9(2)3/h9-10H,4-8H2,1-3H3,(H2,13,17). The summed E-state index contributed by atoms with van der Waals surface area (Å²) < 4.78 is 0. The van der Waals surface area contributed by atoms with Gasteiger partial charge in [0, 0.05) is 32.2 Å². The van der Waals surface area contributed by atoms with Gasteiger partial charge in [0.25, 0.3) is 0 Å². The summed E-state index contributed by atoms with van der Waals surface area (Å²) in [6.07, 6.45) is 0.693. The molecule has 98 valence electrons. The van der Waals surface area contributed by atoms with Gasteiger partial charge in [0.15, 0.2) is 0 Å². The van der Waals surface area contributed by atoms with Crippen LogP contribution in [0.25, 0.3) is 0 Å². The van der Waals surface area contributed by atoms with Gasteiger partial charge in [-0.3, -0.25) is 9.69 Å². The largest absolute Gasteiger partial charge is 0.393 e. The Morgan fingerprint density at radius 3 is 2.18 bits per heavy atom. The molecule has 1 atom stereocenters. The van der Waals surface area contributed by atoms with Crippen LogP contribution in [0.5, 0.6) is 0 Å². The fourth-order valence-electron chi connectivity index (χ4n) is 2.18. The molecular weight excluding hydrogens is 234 g/mol. The average molecular weight is 257 g/mol. The quantitative estimate of drug-likeness (QED) is 0.759. The van der Waals surface area contributed by atoms with Gasteiger partial charge >= 0.3 is 0 Å². The number of nitrogens with zero attached hydrogens (tertiary/aromatic N) is 2. The van der Waals surface area contributed by atoms with E-state index in [9.17, 15) is 4.79 Å². The zero-order valence-corrected chi connectivity index (χ0v) is 11.8. The third-order valence-electron chi connectivity index (χ3n) is 3.41. The van der Waals surface area contributed by atoms with Crippen LogP contribution < -0.4 is 5.73 Å². The van der Waals surface area contributed by atoms with Crippen molar-refractivity contribution in [1.82, 2.24) is 9.80 Å². The number of amides is 1. The van der Waals surface area contributed by atoms with Crippen LogP contribution in [0.3, 0.4) is 0 Å². The second-order valence-corrected chi connectivity index (χ2v) is 5.29. The zero-order chi connectivity index (χ0) is 13.0. The molecule has 1 fully saturated rings. The third kappa shape index (κ3) is 3.64. The first-order chi connectivity index (χ1) is 7.97. The van der Waals surface area contributed by atoms with Crippen LogP contribution in [0.2, 0.25) is 0 Å². The number of nitrogens with two attached hydrogens (primary N) is 1. The van der Waals surface area contributed by atoms with E-state index in [0.29, 0.717) is 17.5 Å². The minimum atomic E-state index is -0.282. The first-order valence-corrected chi connectivity index (χ1v) is 6.70. The Balaban J connectivity index is 2.53. The molecule has 1 aliphatic heterocycles. The van der Waals surface area contributed by atoms with Crippen LogP contribution in [0.15, 0.2) is 0 Å². The van der Waals surface area contributed by atoms with Gasteiger partial charge in [-0.25, -0.2) is 0 Å². The molecule has 0 saturated carbocycles. The summed E-state index contributed by atoms with van der Waals surface area (Å²) in [5.41, 5.74) is 5.60. The predicted molar refractivity (Wildman–Crippen MR) is 73.9 cm³/mol. The van der Waals surface area contributed by atoms with Crippen molar-refractivity contribution in [1.29, 1.82) is 0 Å². The number of piperazine rings is 1. The van der Waals surface area contributed by atoms with Gasteiger partial charge in [0.05, 0.1) is 10.9 Å². The molecule has 1 unspecified atom stereocenters. The second-order valence-electron chi connectivity index (χ2n) is 4.82. The molecule has 0 aromatic carbocycles. The van der Waals surface area contributed by atoms with E-state index in [0.717, 1.165) is 26.2 Å². The van der Waals surface area contributed by atoms with Crippen LogP contribution in [0.4, 0.5) is 0 Å². The maximum absolute atomic E-state index is 12.2. The summed E-state index contributed by atoms with van der Waals surface area (Å²) in [6.45, 7) is 9.77. The summed E-state index contributed by atoms with van der Waals surface area (Å²) in [6, 6.07) is 0.546. The van der Waals surface area contributed by atoms with Crippen LogP contribution in [-0.2, 0) is 4.79 Å². The summed E-state index contributed by atoms with van der Waals surface area (Å²) in [5.74, 6) is -0.181. The lowest BCUT2D eigenvalue weighted by Crippen LogP contribution is -2.53. The number of hydrogen-bond acceptors (Lipinski definition) is 3. The normalized spacial score (nSPS) is 19.4. The Bertz CT molecular complexity index is 285. The van der Waals surface area contributed by atoms with Crippen molar-refractivity contribution in [3.63, 3.8) is 0 Å². The molecule has 2 N–H and O–H groups in total. The minimum Gasteiger partial charge on any atom is -0.393 e. The van der Waals surface area contributed by atoms with Crippen molar-refractivity contribution in [3.05, 3.63) is 0 Å². The molecule has 4 nitrogen and oxygen atoms in total. The molecule has 1 amide bonds. The first-order valence-electron chi connectivity index (χ1n) is 6.29. The fraction of sp³-hybridized carbons (Fsp3) is 0.833. The Hall–Kier alpha value is -0.680. The lowest BCUT2D eigenvalue weighted by molar-refractivity contribution is -0.135. The average Bonchev–Trinajstić information content (AvgIpc) is 2.29. The smallest absolute Gasteiger partial charge is 0.232 e. The highest BCUT2D eigenvalue weighted by molar-refractivity contribution is 7.80. The van der Waals surface area contributed by atoms with E-state index < -0.39 is 0 Å². The number of rotatable bonds is 4. The predicted octanol–water partition coefficient (Wildman–Crippen LogP) is 0.851. The van der Waals surface area contributed by atoms with Crippen molar-refractivity contribution in [2.45, 2.75) is 33.2 Å². The van der Waals surface area contributed by atoms with Crippen LogP contribution in [0, 0.1) is 5.92 Å².